The number of aryl methyl sites for hydroxylation is 1. The maximum Gasteiger partial charge on any atom is 0.111 e. The molecule has 0 spiro atoms. The molecule has 1 heterocycles. The fourth-order valence-corrected chi connectivity index (χ4v) is 3.63. The van der Waals surface area contributed by atoms with Crippen LogP contribution < -0.4 is 5.32 Å². The summed E-state index contributed by atoms with van der Waals surface area (Å²) in [6.45, 7) is 3.23. The van der Waals surface area contributed by atoms with Crippen molar-refractivity contribution < 1.29 is 25.5 Å². The van der Waals surface area contributed by atoms with Gasteiger partial charge < -0.3 is 30.8 Å². The number of hydrogen-bond donors (Lipinski definition) is 6. The number of aromatic nitrogens is 3. The van der Waals surface area contributed by atoms with Gasteiger partial charge in [0.15, 0.2) is 0 Å². The Hall–Kier alpha value is -1.10. The average molecular weight is 401 g/mol. The van der Waals surface area contributed by atoms with Crippen molar-refractivity contribution in [3.8, 4) is 0 Å². The van der Waals surface area contributed by atoms with Gasteiger partial charge in [0.25, 0.3) is 0 Å². The average Bonchev–Trinajstić information content (AvgIpc) is 3.14. The molecule has 0 saturated heterocycles. The maximum absolute atomic E-state index is 10.0. The Bertz CT molecular complexity index is 542. The molecule has 1 saturated carbocycles. The normalized spacial score (nSPS) is 30.6. The molecule has 1 aromatic heterocycles. The van der Waals surface area contributed by atoms with Gasteiger partial charge in [0.1, 0.15) is 30.5 Å². The van der Waals surface area contributed by atoms with Gasteiger partial charge in [0.05, 0.1) is 11.7 Å². The minimum Gasteiger partial charge on any atom is -0.389 e. The molecule has 1 aliphatic carbocycles. The van der Waals surface area contributed by atoms with Crippen molar-refractivity contribution in [2.45, 2.75) is 108 Å². The van der Waals surface area contributed by atoms with E-state index in [1.807, 2.05) is 0 Å². The third kappa shape index (κ3) is 6.47. The van der Waals surface area contributed by atoms with Crippen LogP contribution in [0.3, 0.4) is 0 Å². The van der Waals surface area contributed by atoms with Gasteiger partial charge in [-0.2, -0.15) is 0 Å². The Kier molecular flexibility index (Phi) is 9.76. The fourth-order valence-electron chi connectivity index (χ4n) is 3.63. The molecule has 6 atom stereocenters. The molecular weight excluding hydrogens is 364 g/mol. The fraction of sp³-hybridized carbons (Fsp3) is 0.895. The summed E-state index contributed by atoms with van der Waals surface area (Å²) in [7, 11) is 0. The Morgan fingerprint density at radius 3 is 1.96 bits per heavy atom. The van der Waals surface area contributed by atoms with Gasteiger partial charge in [0, 0.05) is 19.3 Å². The molecule has 0 amide bonds. The van der Waals surface area contributed by atoms with Crippen LogP contribution in [0.4, 0.5) is 0 Å². The number of rotatable bonds is 12. The maximum atomic E-state index is 10.0. The second-order valence-corrected chi connectivity index (χ2v) is 7.81. The zero-order chi connectivity index (χ0) is 20.5. The summed E-state index contributed by atoms with van der Waals surface area (Å²) in [5.41, 5.74) is 0.633. The molecule has 6 N–H and O–H groups in total. The molecule has 1 fully saturated rings. The third-order valence-corrected chi connectivity index (χ3v) is 5.48. The van der Waals surface area contributed by atoms with Crippen LogP contribution in [0.2, 0.25) is 0 Å². The second-order valence-electron chi connectivity index (χ2n) is 7.81. The zero-order valence-corrected chi connectivity index (χ0v) is 16.7. The molecule has 162 valence electrons. The first-order valence-electron chi connectivity index (χ1n) is 10.5. The molecule has 0 radical (unpaired) electrons. The first kappa shape index (κ1) is 23.2. The molecule has 1 aromatic rings. The highest BCUT2D eigenvalue weighted by molar-refractivity contribution is 5.03. The summed E-state index contributed by atoms with van der Waals surface area (Å²) in [6.07, 6.45) is 4.30. The molecule has 0 aliphatic heterocycles. The standard InChI is InChI=1S/C19H36N4O5/c1-2-3-4-5-6-7-8-9-10-23-12-13(21-22-23)11-20-14-15(24)17(26)19(28)18(27)16(14)25/h12,14-20,24-28H,2-11H2,1H3/t14?,15-,16+,17+,18-,19?. The van der Waals surface area contributed by atoms with E-state index in [9.17, 15) is 25.5 Å². The lowest BCUT2D eigenvalue weighted by atomic mass is 9.83. The lowest BCUT2D eigenvalue weighted by Gasteiger charge is -2.42. The highest BCUT2D eigenvalue weighted by Gasteiger charge is 2.47. The molecule has 1 aliphatic rings. The number of nitrogens with one attached hydrogen (secondary N) is 1. The molecule has 2 unspecified atom stereocenters. The highest BCUT2D eigenvalue weighted by Crippen LogP contribution is 2.21. The van der Waals surface area contributed by atoms with Crippen LogP contribution in [-0.2, 0) is 13.1 Å². The van der Waals surface area contributed by atoms with Crippen molar-refractivity contribution in [3.05, 3.63) is 11.9 Å². The van der Waals surface area contributed by atoms with E-state index in [1.54, 1.807) is 10.9 Å². The molecule has 9 heteroatoms. The van der Waals surface area contributed by atoms with Gasteiger partial charge in [-0.25, -0.2) is 0 Å². The quantitative estimate of drug-likeness (QED) is 0.262. The molecule has 0 aromatic carbocycles. The molecule has 2 rings (SSSR count). The third-order valence-electron chi connectivity index (χ3n) is 5.48. The van der Waals surface area contributed by atoms with Crippen molar-refractivity contribution in [2.24, 2.45) is 0 Å². The summed E-state index contributed by atoms with van der Waals surface area (Å²) < 4.78 is 1.77. The van der Waals surface area contributed by atoms with Gasteiger partial charge in [-0.15, -0.1) is 5.10 Å². The first-order valence-corrected chi connectivity index (χ1v) is 10.5. The summed E-state index contributed by atoms with van der Waals surface area (Å²) in [5, 5.41) is 60.2. The Morgan fingerprint density at radius 2 is 1.36 bits per heavy atom. The van der Waals surface area contributed by atoms with E-state index in [1.165, 1.54) is 38.5 Å². The van der Waals surface area contributed by atoms with E-state index in [0.29, 0.717) is 5.69 Å². The van der Waals surface area contributed by atoms with E-state index in [2.05, 4.69) is 22.6 Å². The van der Waals surface area contributed by atoms with Crippen molar-refractivity contribution >= 4 is 0 Å². The van der Waals surface area contributed by atoms with Crippen molar-refractivity contribution in [1.29, 1.82) is 0 Å². The van der Waals surface area contributed by atoms with E-state index in [0.717, 1.165) is 19.4 Å². The summed E-state index contributed by atoms with van der Waals surface area (Å²) >= 11 is 0. The van der Waals surface area contributed by atoms with Crippen LogP contribution in [0.25, 0.3) is 0 Å². The minimum absolute atomic E-state index is 0.214. The zero-order valence-electron chi connectivity index (χ0n) is 16.7. The van der Waals surface area contributed by atoms with Gasteiger partial charge in [0.2, 0.25) is 0 Å². The van der Waals surface area contributed by atoms with E-state index < -0.39 is 36.6 Å². The second kappa shape index (κ2) is 11.8. The van der Waals surface area contributed by atoms with Gasteiger partial charge >= 0.3 is 0 Å². The van der Waals surface area contributed by atoms with Crippen LogP contribution in [0.5, 0.6) is 0 Å². The number of hydrogen-bond acceptors (Lipinski definition) is 8. The first-order chi connectivity index (χ1) is 13.5. The van der Waals surface area contributed by atoms with Crippen LogP contribution >= 0.6 is 0 Å². The van der Waals surface area contributed by atoms with Crippen LogP contribution in [0, 0.1) is 0 Å². The van der Waals surface area contributed by atoms with Crippen LogP contribution in [0.15, 0.2) is 6.20 Å². The number of aliphatic hydroxyl groups excluding tert-OH is 5. The van der Waals surface area contributed by atoms with Crippen molar-refractivity contribution in [2.75, 3.05) is 0 Å². The van der Waals surface area contributed by atoms with Gasteiger partial charge in [-0.1, -0.05) is 57.1 Å². The number of aliphatic hydroxyl groups is 5. The lowest BCUT2D eigenvalue weighted by molar-refractivity contribution is -0.190. The Labute approximate surface area is 166 Å². The highest BCUT2D eigenvalue weighted by atomic mass is 16.4. The predicted molar refractivity (Wildman–Crippen MR) is 103 cm³/mol. The molecule has 0 bridgehead atoms. The van der Waals surface area contributed by atoms with E-state index in [4.69, 9.17) is 0 Å². The predicted octanol–water partition coefficient (Wildman–Crippen LogP) is -0.305. The molecule has 28 heavy (non-hydrogen) atoms. The molecule has 9 nitrogen and oxygen atoms in total. The largest absolute Gasteiger partial charge is 0.389 e. The monoisotopic (exact) mass is 400 g/mol. The van der Waals surface area contributed by atoms with E-state index in [-0.39, 0.29) is 6.54 Å². The van der Waals surface area contributed by atoms with Gasteiger partial charge in [-0.3, -0.25) is 4.68 Å². The SMILES string of the molecule is CCCCCCCCCCn1cc(CNC2[C@@H](O)[C@H](O)C(O)[C@H](O)[C@H]2O)nn1. The van der Waals surface area contributed by atoms with Crippen LogP contribution in [-0.4, -0.2) is 77.1 Å². The topological polar surface area (TPSA) is 144 Å². The summed E-state index contributed by atoms with van der Waals surface area (Å²) in [4.78, 5) is 0. The Balaban J connectivity index is 1.68. The van der Waals surface area contributed by atoms with Crippen LogP contribution in [0.1, 0.15) is 64.0 Å². The van der Waals surface area contributed by atoms with Gasteiger partial charge in [-0.05, 0) is 6.42 Å². The smallest absolute Gasteiger partial charge is 0.111 e. The lowest BCUT2D eigenvalue weighted by Crippen LogP contribution is -2.67. The van der Waals surface area contributed by atoms with E-state index >= 15 is 0 Å². The number of nitrogens with zero attached hydrogens (tertiary/aromatic N) is 3. The summed E-state index contributed by atoms with van der Waals surface area (Å²) in [6, 6.07) is -0.980. The Morgan fingerprint density at radius 1 is 0.821 bits per heavy atom. The van der Waals surface area contributed by atoms with Crippen molar-refractivity contribution in [1.82, 2.24) is 20.3 Å². The minimum atomic E-state index is -1.59. The number of unbranched alkanes of at least 4 members (excludes halogenated alkanes) is 7. The molecular formula is C19H36N4O5. The summed E-state index contributed by atoms with van der Waals surface area (Å²) in [5.74, 6) is 0. The van der Waals surface area contributed by atoms with Crippen molar-refractivity contribution in [3.63, 3.8) is 0 Å².